The fraction of sp³-hybridized carbons (Fsp3) is 0. The van der Waals surface area contributed by atoms with Crippen LogP contribution in [0.3, 0.4) is 0 Å². The second-order valence-corrected chi connectivity index (χ2v) is 15.6. The molecule has 6 heteroatoms. The van der Waals surface area contributed by atoms with Crippen LogP contribution in [0, 0.1) is 23.5 Å². The molecule has 0 amide bonds. The Morgan fingerprint density at radius 1 is 1.17 bits per heavy atom. The van der Waals surface area contributed by atoms with Crippen LogP contribution in [0.4, 0.5) is 13.2 Å². The minimum atomic E-state index is -1.19. The number of rotatable bonds is 0. The topological polar surface area (TPSA) is 0 Å². The molecule has 1 rings (SSSR count). The predicted octanol–water partition coefficient (Wildman–Crippen LogP) is 3.59. The van der Waals surface area contributed by atoms with Crippen molar-refractivity contribution < 1.29 is 26.4 Å². The molecule has 0 saturated heterocycles. The van der Waals surface area contributed by atoms with Crippen LogP contribution in [-0.2, 0) is 13.2 Å². The molecule has 63 valence electrons. The van der Waals surface area contributed by atoms with Crippen LogP contribution in [0.2, 0.25) is 0 Å². The molecule has 0 aliphatic rings. The van der Waals surface area contributed by atoms with Crippen molar-refractivity contribution in [1.29, 1.82) is 0 Å². The van der Waals surface area contributed by atoms with Gasteiger partial charge in [-0.25, -0.2) is 13.2 Å². The molecule has 0 N–H and O–H groups in total. The van der Waals surface area contributed by atoms with Crippen molar-refractivity contribution in [2.24, 2.45) is 0 Å². The van der Waals surface area contributed by atoms with E-state index in [9.17, 15) is 13.2 Å². The van der Waals surface area contributed by atoms with Crippen molar-refractivity contribution in [2.75, 3.05) is 0 Å². The fourth-order valence-electron chi connectivity index (χ4n) is 0.423. The maximum absolute atomic E-state index is 11.9. The normalized spacial score (nSPS) is 8.08. The van der Waals surface area contributed by atoms with Crippen LogP contribution in [0.5, 0.6) is 0 Å². The summed E-state index contributed by atoms with van der Waals surface area (Å²) in [5, 5.41) is 0. The quantitative estimate of drug-likeness (QED) is 0.492. The van der Waals surface area contributed by atoms with E-state index in [1.165, 1.54) is 0 Å². The van der Waals surface area contributed by atoms with E-state index in [1.807, 2.05) is 6.07 Å². The zero-order valence-corrected chi connectivity index (χ0v) is 11.9. The molecule has 1 aromatic carbocycles. The molecule has 12 heavy (non-hydrogen) atoms. The van der Waals surface area contributed by atoms with Crippen LogP contribution in [-0.4, -0.2) is 0 Å². The molecule has 0 saturated carbocycles. The van der Waals surface area contributed by atoms with Crippen molar-refractivity contribution >= 4 is 27.2 Å². The SMILES string of the molecule is Fc1[c]cc(F)c(F)c1.[Br][Zn][Br]. The van der Waals surface area contributed by atoms with Gasteiger partial charge < -0.3 is 0 Å². The van der Waals surface area contributed by atoms with E-state index in [2.05, 4.69) is 27.2 Å². The standard InChI is InChI=1S/C6H2F3.2BrH.Zn/c7-4-1-2-5(8)6(9)3-4;;;/h2-3H;2*1H;/q;;;+2/p-2. The third-order valence-electron chi connectivity index (χ3n) is 0.818. The molecule has 0 atom stereocenters. The van der Waals surface area contributed by atoms with Crippen LogP contribution in [0.25, 0.3) is 0 Å². The van der Waals surface area contributed by atoms with Crippen molar-refractivity contribution in [3.05, 3.63) is 35.7 Å². The average molecular weight is 356 g/mol. The molecule has 0 spiro atoms. The summed E-state index contributed by atoms with van der Waals surface area (Å²) >= 11 is 6.25. The summed E-state index contributed by atoms with van der Waals surface area (Å²) in [4.78, 5) is 0. The van der Waals surface area contributed by atoms with Crippen molar-refractivity contribution in [2.45, 2.75) is 0 Å². The number of benzene rings is 1. The Morgan fingerprint density at radius 2 is 1.67 bits per heavy atom. The molecule has 0 aliphatic carbocycles. The van der Waals surface area contributed by atoms with Gasteiger partial charge in [-0.05, 0) is 6.07 Å². The summed E-state index contributed by atoms with van der Waals surface area (Å²) < 4.78 is 35.8. The fourth-order valence-corrected chi connectivity index (χ4v) is 0.423. The van der Waals surface area contributed by atoms with Crippen molar-refractivity contribution in [3.8, 4) is 0 Å². The zero-order valence-electron chi connectivity index (χ0n) is 5.75. The second-order valence-electron chi connectivity index (χ2n) is 1.58. The Morgan fingerprint density at radius 3 is 2.00 bits per heavy atom. The zero-order chi connectivity index (χ0) is 9.56. The summed E-state index contributed by atoms with van der Waals surface area (Å²) in [7, 11) is 0. The molecule has 0 aromatic heterocycles. The first-order chi connectivity index (χ1) is 5.61. The second kappa shape index (κ2) is 7.04. The summed E-state index contributed by atoms with van der Waals surface area (Å²) in [6.07, 6.45) is 0. The average Bonchev–Trinajstić information content (AvgIpc) is 1.99. The number of halogens is 5. The molecule has 0 nitrogen and oxygen atoms in total. The van der Waals surface area contributed by atoms with Gasteiger partial charge in [0.15, 0.2) is 11.6 Å². The van der Waals surface area contributed by atoms with Gasteiger partial charge >= 0.3 is 40.5 Å². The van der Waals surface area contributed by atoms with Gasteiger partial charge in [-0.1, -0.05) is 0 Å². The Bertz CT molecular complexity index is 244. The van der Waals surface area contributed by atoms with Gasteiger partial charge in [0.05, 0.1) is 0 Å². The van der Waals surface area contributed by atoms with Crippen molar-refractivity contribution in [3.63, 3.8) is 0 Å². The first-order valence-corrected chi connectivity index (χ1v) is 16.7. The molecule has 0 fully saturated rings. The van der Waals surface area contributed by atoms with E-state index < -0.39 is 17.5 Å². The summed E-state index contributed by atoms with van der Waals surface area (Å²) in [5.41, 5.74) is 0. The van der Waals surface area contributed by atoms with E-state index in [-0.39, 0.29) is 13.2 Å². The van der Waals surface area contributed by atoms with Gasteiger partial charge in [0.25, 0.3) is 0 Å². The monoisotopic (exact) mass is 353 g/mol. The Labute approximate surface area is 88.8 Å². The molecule has 0 heterocycles. The van der Waals surface area contributed by atoms with Crippen LogP contribution in [0.1, 0.15) is 0 Å². The van der Waals surface area contributed by atoms with Crippen LogP contribution < -0.4 is 0 Å². The van der Waals surface area contributed by atoms with E-state index >= 15 is 0 Å². The van der Waals surface area contributed by atoms with Gasteiger partial charge in [0.2, 0.25) is 0 Å². The van der Waals surface area contributed by atoms with Crippen LogP contribution >= 0.6 is 27.2 Å². The molecule has 1 aromatic rings. The molecular formula is C6H2Br2F3Zn. The molecular weight excluding hydrogens is 354 g/mol. The summed E-state index contributed by atoms with van der Waals surface area (Å²) in [5.74, 6) is -3.17. The van der Waals surface area contributed by atoms with E-state index in [0.29, 0.717) is 12.1 Å². The molecule has 0 unspecified atom stereocenters. The summed E-state index contributed by atoms with van der Waals surface area (Å²) in [6, 6.07) is 2.91. The van der Waals surface area contributed by atoms with Crippen LogP contribution in [0.15, 0.2) is 12.1 Å². The van der Waals surface area contributed by atoms with E-state index in [1.54, 1.807) is 0 Å². The minimum absolute atomic E-state index is 0.250. The molecule has 0 aliphatic heterocycles. The third-order valence-corrected chi connectivity index (χ3v) is 0.818. The maximum atomic E-state index is 11.9. The molecule has 0 bridgehead atoms. The first-order valence-electron chi connectivity index (χ1n) is 2.76. The van der Waals surface area contributed by atoms with Gasteiger partial charge in [0.1, 0.15) is 5.82 Å². The number of hydrogen-bond acceptors (Lipinski definition) is 0. The van der Waals surface area contributed by atoms with Gasteiger partial charge in [0, 0.05) is 12.1 Å². The van der Waals surface area contributed by atoms with Gasteiger partial charge in [-0.2, -0.15) is 0 Å². The van der Waals surface area contributed by atoms with Crippen molar-refractivity contribution in [1.82, 2.24) is 0 Å². The Hall–Kier alpha value is 0.593. The van der Waals surface area contributed by atoms with Gasteiger partial charge in [-0.3, -0.25) is 0 Å². The summed E-state index contributed by atoms with van der Waals surface area (Å²) in [6.45, 7) is 0. The van der Waals surface area contributed by atoms with E-state index in [4.69, 9.17) is 0 Å². The first kappa shape index (κ1) is 12.6. The molecule has 1 radical (unpaired) electrons. The number of hydrogen-bond donors (Lipinski definition) is 0. The van der Waals surface area contributed by atoms with Gasteiger partial charge in [-0.15, -0.1) is 0 Å². The Kier molecular flexibility index (Phi) is 7.39. The van der Waals surface area contributed by atoms with E-state index in [0.717, 1.165) is 0 Å². The third kappa shape index (κ3) is 5.28. The predicted molar refractivity (Wildman–Crippen MR) is 43.0 cm³/mol. The Balaban J connectivity index is 0.000000354.